The molecule has 124 valence electrons. The van der Waals surface area contributed by atoms with E-state index in [0.29, 0.717) is 11.8 Å². The molecule has 14 rings (SSSR count). The van der Waals surface area contributed by atoms with Crippen molar-refractivity contribution in [2.75, 3.05) is 0 Å². The number of rotatable bonds is 1. The molecule has 10 aliphatic heterocycles. The van der Waals surface area contributed by atoms with Crippen molar-refractivity contribution in [3.63, 3.8) is 0 Å². The first kappa shape index (κ1) is 9.40. The molecule has 3 heteroatoms. The minimum atomic E-state index is -3.02. The number of aliphatic hydroxyl groups is 2. The topological polar surface area (TPSA) is 40.5 Å². The van der Waals surface area contributed by atoms with Crippen molar-refractivity contribution in [3.05, 3.63) is 0 Å². The average Bonchev–Trinajstić information content (AvgIpc) is 3.48. The zero-order chi connectivity index (χ0) is 14.2. The van der Waals surface area contributed by atoms with E-state index in [4.69, 9.17) is 0 Å². The van der Waals surface area contributed by atoms with Crippen LogP contribution in [-0.2, 0) is 6.51 Å². The second kappa shape index (κ2) is 0.983. The third-order valence-corrected chi connectivity index (χ3v) is 62.5. The van der Waals surface area contributed by atoms with Crippen LogP contribution in [0.25, 0.3) is 0 Å². The number of fused-ring (bicyclic) bond motifs is 11. The van der Waals surface area contributed by atoms with E-state index in [0.717, 1.165) is 16.1 Å². The molecule has 10 heterocycles. The van der Waals surface area contributed by atoms with E-state index in [2.05, 4.69) is 0 Å². The van der Waals surface area contributed by atoms with Crippen LogP contribution in [0, 0.1) is 29.6 Å². The Labute approximate surface area is 125 Å². The fourth-order valence-corrected chi connectivity index (χ4v) is 97.2. The molecule has 0 aromatic heterocycles. The van der Waals surface area contributed by atoms with Crippen molar-refractivity contribution in [2.45, 2.75) is 79.1 Å². The van der Waals surface area contributed by atoms with Gasteiger partial charge in [-0.15, -0.1) is 0 Å². The molecule has 2 nitrogen and oxygen atoms in total. The molecule has 14 aliphatic rings. The third-order valence-electron chi connectivity index (χ3n) is 19.8. The molecular formula is C20H24FeO2. The molecule has 0 amide bonds. The van der Waals surface area contributed by atoms with Crippen LogP contribution in [0.1, 0.15) is 19.3 Å². The van der Waals surface area contributed by atoms with Gasteiger partial charge in [0.1, 0.15) is 0 Å². The summed E-state index contributed by atoms with van der Waals surface area (Å²) in [5.41, 5.74) is 0. The van der Waals surface area contributed by atoms with E-state index in [-0.39, 0.29) is 18.1 Å². The van der Waals surface area contributed by atoms with Crippen LogP contribution in [-0.4, -0.2) is 22.4 Å². The summed E-state index contributed by atoms with van der Waals surface area (Å²) in [6, 6.07) is 0. The van der Waals surface area contributed by atoms with Crippen LogP contribution in [0.15, 0.2) is 0 Å². The van der Waals surface area contributed by atoms with Crippen LogP contribution >= 0.6 is 0 Å². The van der Waals surface area contributed by atoms with Gasteiger partial charge in [-0.3, -0.25) is 0 Å². The molecule has 11 unspecified atom stereocenters. The van der Waals surface area contributed by atoms with Crippen molar-refractivity contribution in [3.8, 4) is 0 Å². The van der Waals surface area contributed by atoms with Gasteiger partial charge < -0.3 is 0 Å². The van der Waals surface area contributed by atoms with E-state index in [1.165, 1.54) is 62.6 Å². The van der Waals surface area contributed by atoms with Crippen LogP contribution < -0.4 is 0 Å². The summed E-state index contributed by atoms with van der Waals surface area (Å²) in [4.78, 5) is 12.8. The van der Waals surface area contributed by atoms with Gasteiger partial charge in [-0.25, -0.2) is 0 Å². The summed E-state index contributed by atoms with van der Waals surface area (Å²) in [6.07, 6.45) is 3.48. The SMILES string of the molecule is OC1C2CC3CC1C(O)C(C2)C3[C]12[CH]3[CH]4[CH]5[CH]1[Fe]45321678[CH]2[CH]1[CH]6[CH]7[CH]28. The second-order valence-corrected chi connectivity index (χ2v) is 38.4. The van der Waals surface area contributed by atoms with Crippen LogP contribution in [0.3, 0.4) is 0 Å². The van der Waals surface area contributed by atoms with E-state index in [1.54, 1.807) is 0 Å². The second-order valence-electron chi connectivity index (χ2n) is 14.8. The van der Waals surface area contributed by atoms with Gasteiger partial charge in [0.25, 0.3) is 0 Å². The first-order chi connectivity index (χ1) is 10.9. The summed E-state index contributed by atoms with van der Waals surface area (Å²) < 4.78 is 0.994. The predicted octanol–water partition coefficient (Wildman–Crippen LogP) is 3.76. The molecule has 1 spiro atoms. The van der Waals surface area contributed by atoms with E-state index < -0.39 is 6.51 Å². The van der Waals surface area contributed by atoms with Gasteiger partial charge in [-0.2, -0.15) is 0 Å². The molecule has 4 bridgehead atoms. The van der Waals surface area contributed by atoms with Gasteiger partial charge >= 0.3 is 125 Å². The Hall–Kier alpha value is 0.439. The Morgan fingerprint density at radius 3 is 1.78 bits per heavy atom. The summed E-state index contributed by atoms with van der Waals surface area (Å²) in [5.74, 6) is 3.40. The Balaban J connectivity index is 1.20. The van der Waals surface area contributed by atoms with Gasteiger partial charge in [0.05, 0.1) is 0 Å². The molecule has 0 aromatic rings. The molecule has 0 radical (unpaired) electrons. The first-order valence-corrected chi connectivity index (χ1v) is 16.8. The van der Waals surface area contributed by atoms with Gasteiger partial charge in [0.2, 0.25) is 0 Å². The maximum absolute atomic E-state index is 11.1. The zero-order valence-electron chi connectivity index (χ0n) is 13.1. The molecular weight excluding hydrogens is 328 g/mol. The first-order valence-electron chi connectivity index (χ1n) is 10.5. The van der Waals surface area contributed by atoms with Gasteiger partial charge in [-0.1, -0.05) is 0 Å². The minimum absolute atomic E-state index is 0.122. The quantitative estimate of drug-likeness (QED) is 0.706. The maximum atomic E-state index is 11.1. The summed E-state index contributed by atoms with van der Waals surface area (Å²) in [6.45, 7) is -3.02. The Bertz CT molecular complexity index is 1140. The molecule has 4 aliphatic carbocycles. The predicted molar refractivity (Wildman–Crippen MR) is 79.8 cm³/mol. The van der Waals surface area contributed by atoms with Crippen LogP contribution in [0.4, 0.5) is 0 Å². The molecule has 11 atom stereocenters. The van der Waals surface area contributed by atoms with Gasteiger partial charge in [0.15, 0.2) is 0 Å². The van der Waals surface area contributed by atoms with Gasteiger partial charge in [0, 0.05) is 0 Å². The Morgan fingerprint density at radius 2 is 1.26 bits per heavy atom. The number of hydrogen-bond donors (Lipinski definition) is 2. The molecule has 0 aromatic carbocycles. The summed E-state index contributed by atoms with van der Waals surface area (Å²) >= 11 is 0. The van der Waals surface area contributed by atoms with E-state index in [1.807, 2.05) is 0 Å². The molecule has 23 heavy (non-hydrogen) atoms. The Kier molecular flexibility index (Phi) is 0.402. The molecule has 14 fully saturated rings. The van der Waals surface area contributed by atoms with Crippen LogP contribution in [0.5, 0.6) is 0 Å². The summed E-state index contributed by atoms with van der Waals surface area (Å²) in [7, 11) is 0. The van der Waals surface area contributed by atoms with Crippen molar-refractivity contribution in [2.24, 2.45) is 29.6 Å². The Morgan fingerprint density at radius 1 is 0.652 bits per heavy atom. The fraction of sp³-hybridized carbons (Fsp3) is 1.00. The van der Waals surface area contributed by atoms with E-state index in [9.17, 15) is 10.2 Å². The average molecular weight is 352 g/mol. The fourth-order valence-electron chi connectivity index (χ4n) is 21.8. The summed E-state index contributed by atoms with van der Waals surface area (Å²) in [5, 5.41) is 21.7. The standard InChI is InChI=1S/C15H19O2.C5H5.Fe/c16-14-10-5-9-6-12(14)15(17)11(7-10)13(9)8-3-1-2-4-8;1-2-4-5-3-1;/h1-4,9-17H,5-7H2;1-5H;. The van der Waals surface area contributed by atoms with E-state index >= 15 is 0 Å². The molecule has 10 saturated heterocycles. The van der Waals surface area contributed by atoms with Crippen molar-refractivity contribution >= 4 is 0 Å². The third kappa shape index (κ3) is 0.144. The normalized spacial score (nSPS) is 122. The van der Waals surface area contributed by atoms with Crippen molar-refractivity contribution in [1.82, 2.24) is 0 Å². The zero-order valence-corrected chi connectivity index (χ0v) is 14.2. The number of aliphatic hydroxyl groups excluding tert-OH is 2. The molecule has 4 saturated carbocycles. The van der Waals surface area contributed by atoms with Gasteiger partial charge in [-0.05, 0) is 0 Å². The van der Waals surface area contributed by atoms with Crippen molar-refractivity contribution < 1.29 is 16.7 Å². The van der Waals surface area contributed by atoms with Crippen molar-refractivity contribution in [1.29, 1.82) is 0 Å². The molecule has 2 N–H and O–H groups in total. The number of hydrogen-bond acceptors (Lipinski definition) is 2. The van der Waals surface area contributed by atoms with Crippen LogP contribution in [0.2, 0.25) is 47.7 Å². The monoisotopic (exact) mass is 352 g/mol.